The van der Waals surface area contributed by atoms with Crippen LogP contribution in [0.15, 0.2) is 36.5 Å². The zero-order valence-electron chi connectivity index (χ0n) is 15.4. The van der Waals surface area contributed by atoms with Crippen LogP contribution in [0.5, 0.6) is 5.75 Å². The lowest BCUT2D eigenvalue weighted by Gasteiger charge is -2.32. The number of carbonyl (C=O) groups excluding carboxylic acids is 1. The molecule has 27 heavy (non-hydrogen) atoms. The van der Waals surface area contributed by atoms with Crippen LogP contribution in [0.4, 0.5) is 4.39 Å². The summed E-state index contributed by atoms with van der Waals surface area (Å²) >= 11 is 0. The van der Waals surface area contributed by atoms with Gasteiger partial charge in [0.25, 0.3) is 5.91 Å². The molecule has 1 aliphatic heterocycles. The fourth-order valence-electron chi connectivity index (χ4n) is 3.47. The molecule has 1 fully saturated rings. The number of nitrogens with zero attached hydrogens (tertiary/aromatic N) is 4. The van der Waals surface area contributed by atoms with E-state index in [-0.39, 0.29) is 17.8 Å². The molecule has 0 atom stereocenters. The molecule has 140 valence electrons. The van der Waals surface area contributed by atoms with Crippen molar-refractivity contribution < 1.29 is 13.9 Å². The van der Waals surface area contributed by atoms with Crippen LogP contribution in [-0.4, -0.2) is 44.6 Å². The average Bonchev–Trinajstić information content (AvgIpc) is 3.08. The average molecular weight is 368 g/mol. The summed E-state index contributed by atoms with van der Waals surface area (Å²) < 4.78 is 20.6. The van der Waals surface area contributed by atoms with Crippen LogP contribution in [0.25, 0.3) is 5.65 Å². The van der Waals surface area contributed by atoms with Crippen LogP contribution in [0.1, 0.15) is 34.6 Å². The highest BCUT2D eigenvalue weighted by atomic mass is 19.1. The van der Waals surface area contributed by atoms with E-state index in [1.807, 2.05) is 24.8 Å². The van der Waals surface area contributed by atoms with Crippen molar-refractivity contribution in [2.24, 2.45) is 0 Å². The minimum absolute atomic E-state index is 0.0195. The predicted molar refractivity (Wildman–Crippen MR) is 98.4 cm³/mol. The summed E-state index contributed by atoms with van der Waals surface area (Å²) in [6.45, 7) is 5.06. The molecule has 0 unspecified atom stereocenters. The van der Waals surface area contributed by atoms with Crippen molar-refractivity contribution >= 4 is 11.6 Å². The van der Waals surface area contributed by atoms with E-state index in [1.165, 1.54) is 12.1 Å². The van der Waals surface area contributed by atoms with Crippen LogP contribution in [0, 0.1) is 19.7 Å². The second-order valence-corrected chi connectivity index (χ2v) is 6.90. The molecule has 7 heteroatoms. The summed E-state index contributed by atoms with van der Waals surface area (Å²) in [6, 6.07) is 7.96. The number of aromatic nitrogens is 3. The molecule has 0 bridgehead atoms. The maximum absolute atomic E-state index is 13.0. The van der Waals surface area contributed by atoms with E-state index in [0.29, 0.717) is 30.0 Å². The number of rotatable bonds is 3. The number of likely N-dealkylation sites (tertiary alicyclic amines) is 1. The molecule has 1 aromatic carbocycles. The highest BCUT2D eigenvalue weighted by Gasteiger charge is 2.27. The van der Waals surface area contributed by atoms with Crippen molar-refractivity contribution in [1.82, 2.24) is 19.5 Å². The van der Waals surface area contributed by atoms with Crippen molar-refractivity contribution in [2.45, 2.75) is 32.8 Å². The number of benzene rings is 1. The molecule has 3 heterocycles. The number of hydrogen-bond donors (Lipinski definition) is 0. The van der Waals surface area contributed by atoms with E-state index in [9.17, 15) is 9.18 Å². The lowest BCUT2D eigenvalue weighted by molar-refractivity contribution is 0.0597. The number of ether oxygens (including phenoxy) is 1. The van der Waals surface area contributed by atoms with Gasteiger partial charge in [0.15, 0.2) is 5.65 Å². The Hall–Kier alpha value is -2.96. The minimum Gasteiger partial charge on any atom is -0.490 e. The number of piperidine rings is 1. The summed E-state index contributed by atoms with van der Waals surface area (Å²) in [5.74, 6) is 0.317. The third kappa shape index (κ3) is 3.49. The maximum atomic E-state index is 13.0. The van der Waals surface area contributed by atoms with E-state index in [4.69, 9.17) is 4.74 Å². The number of amides is 1. The zero-order valence-corrected chi connectivity index (χ0v) is 15.4. The van der Waals surface area contributed by atoms with Gasteiger partial charge in [0.1, 0.15) is 23.2 Å². The number of halogens is 1. The van der Waals surface area contributed by atoms with Gasteiger partial charge in [-0.15, -0.1) is 0 Å². The quantitative estimate of drug-likeness (QED) is 0.712. The molecule has 0 spiro atoms. The van der Waals surface area contributed by atoms with Gasteiger partial charge in [0.05, 0.1) is 6.20 Å². The van der Waals surface area contributed by atoms with Crippen LogP contribution >= 0.6 is 0 Å². The van der Waals surface area contributed by atoms with Gasteiger partial charge in [-0.1, -0.05) is 0 Å². The summed E-state index contributed by atoms with van der Waals surface area (Å²) in [7, 11) is 0. The minimum atomic E-state index is -0.282. The third-order valence-corrected chi connectivity index (χ3v) is 4.85. The monoisotopic (exact) mass is 368 g/mol. The molecule has 2 aromatic heterocycles. The van der Waals surface area contributed by atoms with Crippen molar-refractivity contribution in [3.63, 3.8) is 0 Å². The first-order chi connectivity index (χ1) is 13.0. The van der Waals surface area contributed by atoms with Gasteiger partial charge < -0.3 is 9.64 Å². The highest BCUT2D eigenvalue weighted by molar-refractivity contribution is 5.99. The Morgan fingerprint density at radius 1 is 1.19 bits per heavy atom. The Labute approximate surface area is 156 Å². The van der Waals surface area contributed by atoms with E-state index < -0.39 is 0 Å². The predicted octanol–water partition coefficient (Wildman–Crippen LogP) is 3.17. The Kier molecular flexibility index (Phi) is 4.51. The number of hydrogen-bond acceptors (Lipinski definition) is 4. The third-order valence-electron chi connectivity index (χ3n) is 4.85. The van der Waals surface area contributed by atoms with Crippen LogP contribution in [0.3, 0.4) is 0 Å². The van der Waals surface area contributed by atoms with Crippen molar-refractivity contribution in [3.8, 4) is 5.75 Å². The van der Waals surface area contributed by atoms with Gasteiger partial charge in [-0.25, -0.2) is 13.9 Å². The fourth-order valence-corrected chi connectivity index (χ4v) is 3.47. The molecule has 0 aliphatic carbocycles. The maximum Gasteiger partial charge on any atom is 0.259 e. The smallest absolute Gasteiger partial charge is 0.259 e. The normalized spacial score (nSPS) is 15.3. The largest absolute Gasteiger partial charge is 0.490 e. The van der Waals surface area contributed by atoms with Crippen LogP contribution in [-0.2, 0) is 0 Å². The lowest BCUT2D eigenvalue weighted by atomic mass is 10.1. The van der Waals surface area contributed by atoms with Crippen LogP contribution in [0.2, 0.25) is 0 Å². The second kappa shape index (κ2) is 6.98. The van der Waals surface area contributed by atoms with E-state index >= 15 is 0 Å². The first-order valence-electron chi connectivity index (χ1n) is 9.05. The van der Waals surface area contributed by atoms with Crippen LogP contribution < -0.4 is 4.74 Å². The number of fused-ring (bicyclic) bond motifs is 1. The highest BCUT2D eigenvalue weighted by Crippen LogP contribution is 2.21. The van der Waals surface area contributed by atoms with Gasteiger partial charge in [-0.3, -0.25) is 4.79 Å². The SMILES string of the molecule is Cc1cc(C)n2ncc(C(=O)N3CCC(Oc4ccc(F)cc4)CC3)c2n1. The summed E-state index contributed by atoms with van der Waals surface area (Å²) in [5.41, 5.74) is 2.94. The van der Waals surface area contributed by atoms with Gasteiger partial charge >= 0.3 is 0 Å². The summed E-state index contributed by atoms with van der Waals surface area (Å²) in [4.78, 5) is 19.3. The zero-order chi connectivity index (χ0) is 19.0. The van der Waals surface area contributed by atoms with Gasteiger partial charge in [0.2, 0.25) is 0 Å². The molecule has 6 nitrogen and oxygen atoms in total. The first-order valence-corrected chi connectivity index (χ1v) is 9.05. The Morgan fingerprint density at radius 3 is 2.59 bits per heavy atom. The van der Waals surface area contributed by atoms with Crippen molar-refractivity contribution in [1.29, 1.82) is 0 Å². The molecule has 0 N–H and O–H groups in total. The molecular weight excluding hydrogens is 347 g/mol. The van der Waals surface area contributed by atoms with Gasteiger partial charge in [-0.2, -0.15) is 5.10 Å². The van der Waals surface area contributed by atoms with E-state index in [1.54, 1.807) is 22.8 Å². The molecule has 4 rings (SSSR count). The molecule has 0 radical (unpaired) electrons. The van der Waals surface area contributed by atoms with E-state index in [2.05, 4.69) is 10.1 Å². The van der Waals surface area contributed by atoms with Crippen molar-refractivity contribution in [3.05, 3.63) is 59.3 Å². The molecule has 3 aromatic rings. The van der Waals surface area contributed by atoms with E-state index in [0.717, 1.165) is 24.2 Å². The topological polar surface area (TPSA) is 59.7 Å². The molecule has 1 amide bonds. The lowest BCUT2D eigenvalue weighted by Crippen LogP contribution is -2.41. The Balaban J connectivity index is 1.44. The van der Waals surface area contributed by atoms with Gasteiger partial charge in [0, 0.05) is 37.3 Å². The summed E-state index contributed by atoms with van der Waals surface area (Å²) in [5, 5.41) is 4.30. The Bertz CT molecular complexity index is 976. The second-order valence-electron chi connectivity index (χ2n) is 6.90. The van der Waals surface area contributed by atoms with Crippen molar-refractivity contribution in [2.75, 3.05) is 13.1 Å². The molecular formula is C20H21FN4O2. The molecule has 1 saturated heterocycles. The first kappa shape index (κ1) is 17.5. The summed E-state index contributed by atoms with van der Waals surface area (Å²) in [6.07, 6.45) is 3.07. The molecule has 1 aliphatic rings. The number of carbonyl (C=O) groups is 1. The standard InChI is InChI=1S/C20H21FN4O2/c1-13-11-14(2)25-19(23-13)18(12-22-25)20(26)24-9-7-17(8-10-24)27-16-5-3-15(21)4-6-16/h3-6,11-12,17H,7-10H2,1-2H3. The Morgan fingerprint density at radius 2 is 1.89 bits per heavy atom. The fraction of sp³-hybridized carbons (Fsp3) is 0.350. The molecule has 0 saturated carbocycles. The van der Waals surface area contributed by atoms with Gasteiger partial charge in [-0.05, 0) is 44.2 Å². The number of aryl methyl sites for hydroxylation is 2.